The Labute approximate surface area is 122 Å². The zero-order valence-electron chi connectivity index (χ0n) is 12.5. The SMILES string of the molecule is CN=C(NC)NC(C)CNC(=O)c1cc([N+](=O)[O-])cn1C. The standard InChI is InChI=1S/C12H20N6O3/c1-8(16-12(13-2)14-3)6-15-11(19)10-5-9(18(20)21)7-17(10)4/h5,7-8H,6H2,1-4H3,(H,15,19)(H2,13,14,16). The summed E-state index contributed by atoms with van der Waals surface area (Å²) in [6.07, 6.45) is 1.31. The molecule has 9 nitrogen and oxygen atoms in total. The van der Waals surface area contributed by atoms with E-state index in [0.717, 1.165) is 0 Å². The predicted molar refractivity (Wildman–Crippen MR) is 79.4 cm³/mol. The molecule has 0 radical (unpaired) electrons. The number of carbonyl (C=O) groups is 1. The first-order valence-corrected chi connectivity index (χ1v) is 6.39. The number of nitrogens with one attached hydrogen (secondary N) is 3. The van der Waals surface area contributed by atoms with E-state index in [1.54, 1.807) is 21.1 Å². The second-order valence-corrected chi connectivity index (χ2v) is 4.53. The van der Waals surface area contributed by atoms with Gasteiger partial charge in [-0.05, 0) is 6.92 Å². The third kappa shape index (κ3) is 4.48. The molecule has 0 aromatic carbocycles. The molecule has 0 aliphatic rings. The van der Waals surface area contributed by atoms with E-state index in [2.05, 4.69) is 20.9 Å². The molecule has 0 saturated carbocycles. The van der Waals surface area contributed by atoms with Crippen LogP contribution in [0.4, 0.5) is 5.69 Å². The number of aromatic nitrogens is 1. The summed E-state index contributed by atoms with van der Waals surface area (Å²) in [5.41, 5.74) is 0.135. The van der Waals surface area contributed by atoms with Gasteiger partial charge in [0, 0.05) is 39.8 Å². The van der Waals surface area contributed by atoms with Crippen molar-refractivity contribution in [2.45, 2.75) is 13.0 Å². The molecular formula is C12H20N6O3. The van der Waals surface area contributed by atoms with Crippen LogP contribution in [0, 0.1) is 10.1 Å². The summed E-state index contributed by atoms with van der Waals surface area (Å²) in [6.45, 7) is 2.24. The van der Waals surface area contributed by atoms with Crippen LogP contribution in [0.5, 0.6) is 0 Å². The lowest BCUT2D eigenvalue weighted by Gasteiger charge is -2.16. The first kappa shape index (κ1) is 16.5. The van der Waals surface area contributed by atoms with Crippen LogP contribution in [0.2, 0.25) is 0 Å². The summed E-state index contributed by atoms with van der Waals surface area (Å²) in [7, 11) is 4.98. The Bertz CT molecular complexity index is 551. The average molecular weight is 296 g/mol. The van der Waals surface area contributed by atoms with Crippen molar-refractivity contribution in [3.05, 3.63) is 28.1 Å². The summed E-state index contributed by atoms with van der Waals surface area (Å²) in [6, 6.07) is 1.20. The van der Waals surface area contributed by atoms with Crippen molar-refractivity contribution < 1.29 is 9.72 Å². The maximum atomic E-state index is 12.0. The molecule has 21 heavy (non-hydrogen) atoms. The molecule has 3 N–H and O–H groups in total. The number of carbonyl (C=O) groups excluding carboxylic acids is 1. The largest absolute Gasteiger partial charge is 0.359 e. The summed E-state index contributed by atoms with van der Waals surface area (Å²) in [5.74, 6) is 0.255. The monoisotopic (exact) mass is 296 g/mol. The van der Waals surface area contributed by atoms with Crippen molar-refractivity contribution in [2.75, 3.05) is 20.6 Å². The molecule has 9 heteroatoms. The Kier molecular flexibility index (Phi) is 5.70. The minimum atomic E-state index is -0.530. The van der Waals surface area contributed by atoms with Gasteiger partial charge in [0.2, 0.25) is 0 Å². The molecule has 1 rings (SSSR count). The van der Waals surface area contributed by atoms with Crippen molar-refractivity contribution in [3.8, 4) is 0 Å². The zero-order valence-corrected chi connectivity index (χ0v) is 12.5. The van der Waals surface area contributed by atoms with Crippen LogP contribution in [0.25, 0.3) is 0 Å². The van der Waals surface area contributed by atoms with Gasteiger partial charge in [-0.2, -0.15) is 0 Å². The number of nitrogens with zero attached hydrogens (tertiary/aromatic N) is 3. The molecule has 0 fully saturated rings. The van der Waals surface area contributed by atoms with E-state index < -0.39 is 4.92 Å². The number of nitro groups is 1. The smallest absolute Gasteiger partial charge is 0.287 e. The molecule has 1 heterocycles. The fourth-order valence-electron chi connectivity index (χ4n) is 1.74. The lowest BCUT2D eigenvalue weighted by atomic mass is 10.3. The van der Waals surface area contributed by atoms with Crippen LogP contribution in [-0.4, -0.2) is 48.0 Å². The van der Waals surface area contributed by atoms with Gasteiger partial charge in [-0.15, -0.1) is 0 Å². The summed E-state index contributed by atoms with van der Waals surface area (Å²) >= 11 is 0. The van der Waals surface area contributed by atoms with Crippen molar-refractivity contribution in [2.24, 2.45) is 12.0 Å². The van der Waals surface area contributed by atoms with E-state index in [0.29, 0.717) is 12.5 Å². The molecule has 1 amide bonds. The van der Waals surface area contributed by atoms with E-state index in [4.69, 9.17) is 0 Å². The highest BCUT2D eigenvalue weighted by Gasteiger charge is 2.17. The van der Waals surface area contributed by atoms with Gasteiger partial charge in [-0.3, -0.25) is 19.9 Å². The lowest BCUT2D eigenvalue weighted by Crippen LogP contribution is -2.46. The van der Waals surface area contributed by atoms with E-state index in [1.165, 1.54) is 16.8 Å². The minimum absolute atomic E-state index is 0.0460. The Morgan fingerprint density at radius 3 is 2.71 bits per heavy atom. The van der Waals surface area contributed by atoms with Crippen LogP contribution in [-0.2, 0) is 7.05 Å². The highest BCUT2D eigenvalue weighted by Crippen LogP contribution is 2.14. The van der Waals surface area contributed by atoms with Gasteiger partial charge in [0.05, 0.1) is 11.1 Å². The van der Waals surface area contributed by atoms with Crippen molar-refractivity contribution in [1.29, 1.82) is 0 Å². The average Bonchev–Trinajstić information content (AvgIpc) is 2.84. The van der Waals surface area contributed by atoms with Gasteiger partial charge < -0.3 is 20.5 Å². The molecule has 0 bridgehead atoms. The topological polar surface area (TPSA) is 114 Å². The zero-order chi connectivity index (χ0) is 16.0. The Hall–Kier alpha value is -2.58. The minimum Gasteiger partial charge on any atom is -0.359 e. The molecule has 116 valence electrons. The Morgan fingerprint density at radius 2 is 2.24 bits per heavy atom. The number of aliphatic imine (C=N–C) groups is 1. The van der Waals surface area contributed by atoms with Crippen molar-refractivity contribution in [3.63, 3.8) is 0 Å². The maximum absolute atomic E-state index is 12.0. The van der Waals surface area contributed by atoms with Crippen LogP contribution in [0.1, 0.15) is 17.4 Å². The number of aryl methyl sites for hydroxylation is 1. The third-order valence-corrected chi connectivity index (χ3v) is 2.85. The highest BCUT2D eigenvalue weighted by atomic mass is 16.6. The first-order chi connectivity index (χ1) is 9.88. The van der Waals surface area contributed by atoms with E-state index in [-0.39, 0.29) is 23.3 Å². The highest BCUT2D eigenvalue weighted by molar-refractivity contribution is 5.93. The second-order valence-electron chi connectivity index (χ2n) is 4.53. The van der Waals surface area contributed by atoms with Gasteiger partial charge in [-0.25, -0.2) is 0 Å². The first-order valence-electron chi connectivity index (χ1n) is 6.39. The van der Waals surface area contributed by atoms with Gasteiger partial charge in [0.25, 0.3) is 11.6 Å². The van der Waals surface area contributed by atoms with Gasteiger partial charge in [0.15, 0.2) is 5.96 Å². The fraction of sp³-hybridized carbons (Fsp3) is 0.500. The molecule has 0 saturated heterocycles. The summed E-state index contributed by atoms with van der Waals surface area (Å²) < 4.78 is 1.43. The molecule has 1 unspecified atom stereocenters. The second kappa shape index (κ2) is 7.27. The summed E-state index contributed by atoms with van der Waals surface area (Å²) in [5, 5.41) is 19.3. The normalized spacial score (nSPS) is 12.7. The molecule has 1 atom stereocenters. The molecular weight excluding hydrogens is 276 g/mol. The number of amides is 1. The maximum Gasteiger partial charge on any atom is 0.287 e. The van der Waals surface area contributed by atoms with E-state index in [1.807, 2.05) is 6.92 Å². The Morgan fingerprint density at radius 1 is 1.57 bits per heavy atom. The summed E-state index contributed by atoms with van der Waals surface area (Å²) in [4.78, 5) is 26.1. The van der Waals surface area contributed by atoms with Crippen LogP contribution in [0.3, 0.4) is 0 Å². The van der Waals surface area contributed by atoms with Crippen LogP contribution in [0.15, 0.2) is 17.3 Å². The van der Waals surface area contributed by atoms with Gasteiger partial charge in [-0.1, -0.05) is 0 Å². The molecule has 0 aliphatic carbocycles. The molecule has 1 aromatic rings. The third-order valence-electron chi connectivity index (χ3n) is 2.85. The predicted octanol–water partition coefficient (Wildman–Crippen LogP) is -0.154. The van der Waals surface area contributed by atoms with Crippen LogP contribution >= 0.6 is 0 Å². The number of hydrogen-bond donors (Lipinski definition) is 3. The van der Waals surface area contributed by atoms with E-state index in [9.17, 15) is 14.9 Å². The quantitative estimate of drug-likeness (QED) is 0.302. The van der Waals surface area contributed by atoms with Gasteiger partial charge in [0.1, 0.15) is 5.69 Å². The molecule has 0 spiro atoms. The van der Waals surface area contributed by atoms with Gasteiger partial charge >= 0.3 is 0 Å². The fourth-order valence-corrected chi connectivity index (χ4v) is 1.74. The number of rotatable bonds is 5. The molecule has 1 aromatic heterocycles. The Balaban J connectivity index is 2.60. The van der Waals surface area contributed by atoms with Crippen molar-refractivity contribution in [1.82, 2.24) is 20.5 Å². The van der Waals surface area contributed by atoms with E-state index >= 15 is 0 Å². The van der Waals surface area contributed by atoms with Crippen molar-refractivity contribution >= 4 is 17.6 Å². The molecule has 0 aliphatic heterocycles. The lowest BCUT2D eigenvalue weighted by molar-refractivity contribution is -0.384. The number of guanidine groups is 1. The van der Waals surface area contributed by atoms with Crippen LogP contribution < -0.4 is 16.0 Å². The number of hydrogen-bond acceptors (Lipinski definition) is 4.